The van der Waals surface area contributed by atoms with Crippen LogP contribution in [0.5, 0.6) is 0 Å². The zero-order valence-corrected chi connectivity index (χ0v) is 21.0. The highest BCUT2D eigenvalue weighted by molar-refractivity contribution is 6.00. The molecule has 8 nitrogen and oxygen atoms in total. The number of hydrogen-bond donors (Lipinski definition) is 1. The smallest absolute Gasteiger partial charge is 0.252 e. The Labute approximate surface area is 212 Å². The van der Waals surface area contributed by atoms with Crippen molar-refractivity contribution in [2.24, 2.45) is 11.8 Å². The van der Waals surface area contributed by atoms with E-state index in [0.29, 0.717) is 18.0 Å². The molecule has 8 heteroatoms. The van der Waals surface area contributed by atoms with Gasteiger partial charge in [0.15, 0.2) is 5.78 Å². The number of anilines is 1. The second kappa shape index (κ2) is 9.63. The third-order valence-corrected chi connectivity index (χ3v) is 8.70. The number of carbonyl (C=O) groups is 3. The van der Waals surface area contributed by atoms with Crippen molar-refractivity contribution in [3.05, 3.63) is 41.5 Å². The maximum atomic E-state index is 13.9. The highest BCUT2D eigenvalue weighted by Crippen LogP contribution is 2.46. The van der Waals surface area contributed by atoms with Crippen molar-refractivity contribution in [2.75, 3.05) is 51.3 Å². The molecule has 5 aliphatic rings. The van der Waals surface area contributed by atoms with Gasteiger partial charge in [0.05, 0.1) is 6.10 Å². The molecule has 3 aliphatic heterocycles. The van der Waals surface area contributed by atoms with Gasteiger partial charge in [0.1, 0.15) is 18.7 Å². The van der Waals surface area contributed by atoms with Crippen LogP contribution in [0.1, 0.15) is 42.5 Å². The van der Waals surface area contributed by atoms with Gasteiger partial charge in [0.2, 0.25) is 5.91 Å². The van der Waals surface area contributed by atoms with Gasteiger partial charge in [-0.15, -0.1) is 0 Å². The molecular weight excluding hydrogens is 456 g/mol. The first-order chi connectivity index (χ1) is 17.5. The van der Waals surface area contributed by atoms with Gasteiger partial charge in [-0.25, -0.2) is 0 Å². The summed E-state index contributed by atoms with van der Waals surface area (Å²) in [6.07, 6.45) is 6.85. The summed E-state index contributed by atoms with van der Waals surface area (Å²) in [4.78, 5) is 46.3. The number of carbonyl (C=O) groups excluding carboxylic acids is 3. The Hall–Kier alpha value is -2.71. The number of nitrogens with one attached hydrogen (secondary N) is 1. The fourth-order valence-electron chi connectivity index (χ4n) is 6.40. The molecule has 0 aromatic heterocycles. The molecule has 2 aliphatic carbocycles. The van der Waals surface area contributed by atoms with Gasteiger partial charge in [-0.1, -0.05) is 6.08 Å². The van der Waals surface area contributed by atoms with Gasteiger partial charge in [-0.2, -0.15) is 0 Å². The number of rotatable bonds is 6. The number of likely N-dealkylation sites (N-methyl/N-ethyl adjacent to an activating group) is 1. The largest absolute Gasteiger partial charge is 0.369 e. The van der Waals surface area contributed by atoms with E-state index in [1.807, 2.05) is 24.3 Å². The number of Topliss-reactive ketones (excluding diaryl/α,β-unsaturated/α-hetero) is 1. The molecule has 1 saturated carbocycles. The van der Waals surface area contributed by atoms with E-state index in [-0.39, 0.29) is 36.2 Å². The Kier molecular flexibility index (Phi) is 6.33. The summed E-state index contributed by atoms with van der Waals surface area (Å²) in [5, 5.41) is 3.04. The van der Waals surface area contributed by atoms with Crippen LogP contribution in [0.2, 0.25) is 0 Å². The minimum absolute atomic E-state index is 0.0125. The number of hydrogen-bond acceptors (Lipinski definition) is 6. The molecular formula is C28H36N4O4. The third-order valence-electron chi connectivity index (χ3n) is 8.70. The summed E-state index contributed by atoms with van der Waals surface area (Å²) in [5.74, 6) is 0.332. The van der Waals surface area contributed by atoms with Crippen LogP contribution in [0, 0.1) is 11.8 Å². The highest BCUT2D eigenvalue weighted by Gasteiger charge is 2.56. The number of fused-ring (bicyclic) bond motifs is 1. The van der Waals surface area contributed by atoms with Crippen molar-refractivity contribution < 1.29 is 19.1 Å². The lowest BCUT2D eigenvalue weighted by Crippen LogP contribution is -2.52. The van der Waals surface area contributed by atoms with Crippen LogP contribution in [-0.2, 0) is 14.3 Å². The third kappa shape index (κ3) is 4.45. The first-order valence-electron chi connectivity index (χ1n) is 13.5. The van der Waals surface area contributed by atoms with Crippen molar-refractivity contribution in [3.63, 3.8) is 0 Å². The van der Waals surface area contributed by atoms with Crippen LogP contribution < -0.4 is 10.2 Å². The van der Waals surface area contributed by atoms with Crippen LogP contribution in [0.4, 0.5) is 5.69 Å². The zero-order valence-electron chi connectivity index (χ0n) is 21.0. The number of amides is 2. The summed E-state index contributed by atoms with van der Waals surface area (Å²) in [7, 11) is 2.13. The van der Waals surface area contributed by atoms with Crippen molar-refractivity contribution in [1.82, 2.24) is 15.1 Å². The van der Waals surface area contributed by atoms with Crippen LogP contribution in [0.15, 0.2) is 35.9 Å². The van der Waals surface area contributed by atoms with Gasteiger partial charge in [0, 0.05) is 49.9 Å². The molecule has 0 bridgehead atoms. The van der Waals surface area contributed by atoms with E-state index in [2.05, 4.69) is 28.2 Å². The lowest BCUT2D eigenvalue weighted by Gasteiger charge is -2.34. The fraction of sp³-hybridized carbons (Fsp3) is 0.607. The summed E-state index contributed by atoms with van der Waals surface area (Å²) in [6.45, 7) is 4.61. The number of allylic oxidation sites excluding steroid dienone is 1. The Balaban J connectivity index is 1.18. The number of piperazine rings is 1. The molecule has 4 fully saturated rings. The lowest BCUT2D eigenvalue weighted by atomic mass is 9.97. The Bertz CT molecular complexity index is 1060. The molecule has 3 heterocycles. The van der Waals surface area contributed by atoms with E-state index < -0.39 is 12.1 Å². The minimum Gasteiger partial charge on any atom is -0.369 e. The number of benzene rings is 1. The molecule has 192 valence electrons. The van der Waals surface area contributed by atoms with Crippen LogP contribution in [0.25, 0.3) is 0 Å². The van der Waals surface area contributed by atoms with Gasteiger partial charge >= 0.3 is 0 Å². The van der Waals surface area contributed by atoms with Crippen molar-refractivity contribution in [2.45, 2.75) is 50.3 Å². The average Bonchev–Trinajstić information content (AvgIpc) is 3.27. The van der Waals surface area contributed by atoms with Gasteiger partial charge in [0.25, 0.3) is 5.91 Å². The van der Waals surface area contributed by atoms with Crippen LogP contribution in [-0.4, -0.2) is 92.0 Å². The lowest BCUT2D eigenvalue weighted by molar-refractivity contribution is -0.137. The molecule has 4 atom stereocenters. The quantitative estimate of drug-likeness (QED) is 0.611. The molecule has 2 amide bonds. The maximum absolute atomic E-state index is 13.9. The van der Waals surface area contributed by atoms with E-state index >= 15 is 0 Å². The molecule has 0 radical (unpaired) electrons. The number of nitrogens with zero attached hydrogens (tertiary/aromatic N) is 3. The molecule has 1 aromatic rings. The van der Waals surface area contributed by atoms with E-state index in [9.17, 15) is 14.4 Å². The normalized spacial score (nSPS) is 29.3. The first-order valence-corrected chi connectivity index (χ1v) is 13.5. The number of likely N-dealkylation sites (tertiary alicyclic amines) is 1. The molecule has 0 spiro atoms. The van der Waals surface area contributed by atoms with Crippen molar-refractivity contribution in [1.29, 1.82) is 0 Å². The van der Waals surface area contributed by atoms with Crippen LogP contribution >= 0.6 is 0 Å². The van der Waals surface area contributed by atoms with Crippen LogP contribution in [0.3, 0.4) is 0 Å². The standard InChI is InChI=1S/C28H36N4O4/c1-30-12-14-31(15-13-30)21-10-8-20(9-11-21)27(34)29-24(19-4-2-3-5-19)28(35)32-16-22(18-6-7-18)26-25(32)23(33)17-36-26/h4,8-11,18,22,24-26H,2-3,5-7,12-17H2,1H3,(H,29,34)/t22-,24+,25-,26-/m1/s1. The Morgan fingerprint density at radius 3 is 2.50 bits per heavy atom. The summed E-state index contributed by atoms with van der Waals surface area (Å²) < 4.78 is 5.85. The van der Waals surface area contributed by atoms with E-state index in [1.54, 1.807) is 4.90 Å². The number of ether oxygens (including phenoxy) is 1. The summed E-state index contributed by atoms with van der Waals surface area (Å²) >= 11 is 0. The zero-order chi connectivity index (χ0) is 24.8. The molecule has 3 saturated heterocycles. The molecule has 1 aromatic carbocycles. The van der Waals surface area contributed by atoms with E-state index in [1.165, 1.54) is 0 Å². The van der Waals surface area contributed by atoms with Gasteiger partial charge < -0.3 is 24.8 Å². The van der Waals surface area contributed by atoms with E-state index in [4.69, 9.17) is 4.74 Å². The van der Waals surface area contributed by atoms with Gasteiger partial charge in [-0.05, 0) is 74.9 Å². The monoisotopic (exact) mass is 492 g/mol. The maximum Gasteiger partial charge on any atom is 0.252 e. The summed E-state index contributed by atoms with van der Waals surface area (Å²) in [5.41, 5.74) is 2.61. The highest BCUT2D eigenvalue weighted by atomic mass is 16.5. The van der Waals surface area contributed by atoms with Crippen molar-refractivity contribution in [3.8, 4) is 0 Å². The second-order valence-electron chi connectivity index (χ2n) is 11.1. The van der Waals surface area contributed by atoms with E-state index in [0.717, 1.165) is 69.5 Å². The average molecular weight is 493 g/mol. The first kappa shape index (κ1) is 23.7. The molecule has 6 rings (SSSR count). The second-order valence-corrected chi connectivity index (χ2v) is 11.1. The minimum atomic E-state index is -0.732. The Morgan fingerprint density at radius 1 is 1.08 bits per heavy atom. The molecule has 1 N–H and O–H groups in total. The predicted molar refractivity (Wildman–Crippen MR) is 136 cm³/mol. The number of ketones is 1. The molecule has 0 unspecified atom stereocenters. The molecule has 36 heavy (non-hydrogen) atoms. The van der Waals surface area contributed by atoms with Gasteiger partial charge in [-0.3, -0.25) is 14.4 Å². The topological polar surface area (TPSA) is 82.2 Å². The predicted octanol–water partition coefficient (Wildman–Crippen LogP) is 1.85. The fourth-order valence-corrected chi connectivity index (χ4v) is 6.40. The SMILES string of the molecule is CN1CCN(c2ccc(C(=O)N[C@H](C(=O)N3C[C@H](C4CC4)[C@H]4OCC(=O)[C@H]43)C3=CCCC3)cc2)CC1. The van der Waals surface area contributed by atoms with Crippen molar-refractivity contribution >= 4 is 23.3 Å². The Morgan fingerprint density at radius 2 is 1.83 bits per heavy atom. The summed E-state index contributed by atoms with van der Waals surface area (Å²) in [6, 6.07) is 6.43.